The Hall–Kier alpha value is -2.77. The molecule has 0 N–H and O–H groups in total. The fraction of sp³-hybridized carbons (Fsp3) is 0.231. The van der Waals surface area contributed by atoms with Gasteiger partial charge in [-0.15, -0.1) is 0 Å². The van der Waals surface area contributed by atoms with Gasteiger partial charge in [-0.3, -0.25) is 0 Å². The molecule has 3 nitrogen and oxygen atoms in total. The molecule has 3 aromatic rings. The van der Waals surface area contributed by atoms with Crippen molar-refractivity contribution in [1.82, 2.24) is 4.67 Å². The van der Waals surface area contributed by atoms with Crippen molar-refractivity contribution in [2.24, 2.45) is 0 Å². The zero-order valence-electron chi connectivity index (χ0n) is 18.0. The van der Waals surface area contributed by atoms with E-state index in [1.54, 1.807) is 13.8 Å². The van der Waals surface area contributed by atoms with E-state index in [0.717, 1.165) is 22.3 Å². The molecule has 0 aliphatic heterocycles. The van der Waals surface area contributed by atoms with Crippen LogP contribution in [0.5, 0.6) is 0 Å². The van der Waals surface area contributed by atoms with E-state index in [-0.39, 0.29) is 17.9 Å². The molecule has 0 aliphatic carbocycles. The summed E-state index contributed by atoms with van der Waals surface area (Å²) in [6.45, 7) is 2.29. The van der Waals surface area contributed by atoms with Crippen LogP contribution < -0.4 is 15.9 Å². The summed E-state index contributed by atoms with van der Waals surface area (Å²) in [5.41, 5.74) is 0. The molecule has 0 radical (unpaired) electrons. The minimum atomic E-state index is -3.64. The zero-order chi connectivity index (χ0) is 21.6. The van der Waals surface area contributed by atoms with Gasteiger partial charge < -0.3 is 0 Å². The first-order chi connectivity index (χ1) is 14.5. The molecule has 30 heavy (non-hydrogen) atoms. The quantitative estimate of drug-likeness (QED) is 0.511. The number of benzene rings is 3. The number of amides is 1. The molecule has 0 fully saturated rings. The number of carbonyl (C=O) groups excluding carboxylic acids is 2. The van der Waals surface area contributed by atoms with Crippen LogP contribution >= 0.6 is 6.75 Å². The van der Waals surface area contributed by atoms with Gasteiger partial charge in [-0.25, -0.2) is 0 Å². The number of rotatable bonds is 8. The molecule has 0 unspecified atom stereocenters. The van der Waals surface area contributed by atoms with Crippen molar-refractivity contribution < 1.29 is 9.59 Å². The van der Waals surface area contributed by atoms with Crippen molar-refractivity contribution >= 4 is 34.4 Å². The van der Waals surface area contributed by atoms with E-state index < -0.39 is 6.75 Å². The second kappa shape index (κ2) is 8.93. The van der Waals surface area contributed by atoms with Crippen LogP contribution in [0.1, 0.15) is 27.2 Å². The van der Waals surface area contributed by atoms with Crippen molar-refractivity contribution in [2.45, 2.75) is 27.2 Å². The number of hydrogen-bond acceptors (Lipinski definition) is 2. The van der Waals surface area contributed by atoms with Crippen LogP contribution in [0.3, 0.4) is 0 Å². The van der Waals surface area contributed by atoms with Crippen LogP contribution in [0.15, 0.2) is 91.0 Å². The number of hydrogen-bond donors (Lipinski definition) is 0. The second-order valence-corrected chi connectivity index (χ2v) is 12.6. The maximum atomic E-state index is 13.3. The zero-order valence-corrected chi connectivity index (χ0v) is 18.9. The van der Waals surface area contributed by atoms with E-state index in [9.17, 15) is 9.59 Å². The first-order valence-electron chi connectivity index (χ1n) is 10.4. The molecular formula is C26H30NO2P. The van der Waals surface area contributed by atoms with Crippen LogP contribution in [0, 0.1) is 0 Å². The van der Waals surface area contributed by atoms with Gasteiger partial charge >= 0.3 is 180 Å². The second-order valence-electron chi connectivity index (χ2n) is 7.76. The summed E-state index contributed by atoms with van der Waals surface area (Å²) in [5.74, 6) is 0.0684. The molecule has 0 bridgehead atoms. The van der Waals surface area contributed by atoms with E-state index in [2.05, 4.69) is 43.3 Å². The van der Waals surface area contributed by atoms with E-state index in [0.29, 0.717) is 6.54 Å². The first kappa shape index (κ1) is 21.9. The van der Waals surface area contributed by atoms with Crippen LogP contribution in [-0.4, -0.2) is 29.1 Å². The minimum absolute atomic E-state index is 0.00711. The molecule has 156 valence electrons. The topological polar surface area (TPSA) is 37.4 Å². The Labute approximate surface area is 179 Å². The summed E-state index contributed by atoms with van der Waals surface area (Å²) >= 11 is 0. The number of Topliss-reactive ketones (excluding diaryl/α,β-unsaturated/α-hetero) is 1. The average Bonchev–Trinajstić information content (AvgIpc) is 2.77. The fourth-order valence-electron chi connectivity index (χ4n) is 4.81. The Morgan fingerprint density at radius 2 is 1.07 bits per heavy atom. The van der Waals surface area contributed by atoms with Gasteiger partial charge in [0.2, 0.25) is 0 Å². The fourth-order valence-corrected chi connectivity index (χ4v) is 11.8. The summed E-state index contributed by atoms with van der Waals surface area (Å²) < 4.78 is 2.03. The van der Waals surface area contributed by atoms with Gasteiger partial charge in [-0.05, 0) is 0 Å². The van der Waals surface area contributed by atoms with Gasteiger partial charge in [0, 0.05) is 0 Å². The summed E-state index contributed by atoms with van der Waals surface area (Å²) in [5, 5.41) is 3.12. The standard InChI is InChI=1S/C26H30NO2P/c1-4-20-27(23(3)29)30(21-22(2)28,24-14-8-5-9-15-24,25-16-10-6-11-17-25)26-18-12-7-13-19-26/h5-19H,4,20-21H2,1-3H3. The molecule has 0 heterocycles. The molecule has 0 saturated heterocycles. The van der Waals surface area contributed by atoms with Gasteiger partial charge in [0.05, 0.1) is 0 Å². The van der Waals surface area contributed by atoms with Crippen LogP contribution in [0.2, 0.25) is 0 Å². The number of nitrogens with zero attached hydrogens (tertiary/aromatic N) is 1. The summed E-state index contributed by atoms with van der Waals surface area (Å²) in [7, 11) is 0. The molecule has 0 aromatic heterocycles. The van der Waals surface area contributed by atoms with Crippen molar-refractivity contribution in [2.75, 3.05) is 12.7 Å². The Morgan fingerprint density at radius 1 is 0.700 bits per heavy atom. The predicted octanol–water partition coefficient (Wildman–Crippen LogP) is 4.28. The molecule has 3 aromatic carbocycles. The third-order valence-corrected chi connectivity index (χ3v) is 12.6. The average molecular weight is 420 g/mol. The molecular weight excluding hydrogens is 389 g/mol. The summed E-state index contributed by atoms with van der Waals surface area (Å²) in [4.78, 5) is 26.3. The molecule has 4 heteroatoms. The van der Waals surface area contributed by atoms with Gasteiger partial charge in [-0.1, -0.05) is 0 Å². The Balaban J connectivity index is 2.65. The van der Waals surface area contributed by atoms with E-state index in [4.69, 9.17) is 0 Å². The van der Waals surface area contributed by atoms with Crippen LogP contribution in [0.4, 0.5) is 0 Å². The molecule has 0 atom stereocenters. The third-order valence-electron chi connectivity index (χ3n) is 5.80. The van der Waals surface area contributed by atoms with Crippen LogP contribution in [0.25, 0.3) is 0 Å². The molecule has 1 amide bonds. The monoisotopic (exact) mass is 419 g/mol. The van der Waals surface area contributed by atoms with Gasteiger partial charge in [0.25, 0.3) is 0 Å². The van der Waals surface area contributed by atoms with Crippen molar-refractivity contribution in [3.8, 4) is 0 Å². The normalized spacial score (nSPS) is 12.6. The van der Waals surface area contributed by atoms with E-state index in [1.165, 1.54) is 0 Å². The SMILES string of the molecule is CCCN(C(C)=O)P(CC(C)=O)(c1ccccc1)(c1ccccc1)c1ccccc1. The Kier molecular flexibility index (Phi) is 6.53. The first-order valence-corrected chi connectivity index (χ1v) is 12.8. The summed E-state index contributed by atoms with van der Waals surface area (Å²) in [6.07, 6.45) is 1.09. The van der Waals surface area contributed by atoms with Gasteiger partial charge in [0.1, 0.15) is 0 Å². The van der Waals surface area contributed by atoms with Crippen molar-refractivity contribution in [1.29, 1.82) is 0 Å². The van der Waals surface area contributed by atoms with Gasteiger partial charge in [0.15, 0.2) is 0 Å². The molecule has 3 rings (SSSR count). The maximum absolute atomic E-state index is 13.3. The van der Waals surface area contributed by atoms with Crippen molar-refractivity contribution in [3.05, 3.63) is 91.0 Å². The number of ketones is 1. The number of carbonyl (C=O) groups is 2. The summed E-state index contributed by atoms with van der Waals surface area (Å²) in [6, 6.07) is 30.5. The molecule has 0 saturated carbocycles. The third kappa shape index (κ3) is 3.38. The van der Waals surface area contributed by atoms with Crippen molar-refractivity contribution in [3.63, 3.8) is 0 Å². The van der Waals surface area contributed by atoms with E-state index >= 15 is 0 Å². The van der Waals surface area contributed by atoms with Gasteiger partial charge in [-0.2, -0.15) is 0 Å². The predicted molar refractivity (Wildman–Crippen MR) is 128 cm³/mol. The van der Waals surface area contributed by atoms with Crippen LogP contribution in [-0.2, 0) is 9.59 Å². The Morgan fingerprint density at radius 3 is 1.33 bits per heavy atom. The molecule has 0 aliphatic rings. The van der Waals surface area contributed by atoms with E-state index in [1.807, 2.05) is 59.3 Å². The molecule has 0 spiro atoms. The Bertz CT molecular complexity index is 904.